The first-order chi connectivity index (χ1) is 6.50. The maximum absolute atomic E-state index is 11.7. The number of hydrogen-bond donors (Lipinski definition) is 1. The van der Waals surface area contributed by atoms with E-state index in [1.165, 1.54) is 11.8 Å². The van der Waals surface area contributed by atoms with Crippen molar-refractivity contribution in [1.29, 1.82) is 0 Å². The fourth-order valence-electron chi connectivity index (χ4n) is 1.47. The molecule has 0 aromatic heterocycles. The van der Waals surface area contributed by atoms with Crippen molar-refractivity contribution < 1.29 is 9.90 Å². The SMILES string of the molecule is CC(C)N(C(=O)CSCCO)C(C)C. The third-order valence-electron chi connectivity index (χ3n) is 1.86. The van der Waals surface area contributed by atoms with Crippen molar-refractivity contribution in [3.05, 3.63) is 0 Å². The van der Waals surface area contributed by atoms with E-state index in [9.17, 15) is 4.79 Å². The Labute approximate surface area is 90.9 Å². The molecule has 1 N–H and O–H groups in total. The van der Waals surface area contributed by atoms with Crippen LogP contribution < -0.4 is 0 Å². The quantitative estimate of drug-likeness (QED) is 0.686. The van der Waals surface area contributed by atoms with Gasteiger partial charge in [-0.15, -0.1) is 11.8 Å². The summed E-state index contributed by atoms with van der Waals surface area (Å²) in [5, 5.41) is 8.59. The Morgan fingerprint density at radius 1 is 1.29 bits per heavy atom. The van der Waals surface area contributed by atoms with Crippen LogP contribution in [0.4, 0.5) is 0 Å². The average molecular weight is 219 g/mol. The lowest BCUT2D eigenvalue weighted by Crippen LogP contribution is -2.43. The molecule has 0 aromatic rings. The molecule has 0 atom stereocenters. The zero-order valence-electron chi connectivity index (χ0n) is 9.49. The van der Waals surface area contributed by atoms with Crippen LogP contribution in [0.5, 0.6) is 0 Å². The average Bonchev–Trinajstić information content (AvgIpc) is 2.03. The van der Waals surface area contributed by atoms with Crippen LogP contribution >= 0.6 is 11.8 Å². The summed E-state index contributed by atoms with van der Waals surface area (Å²) >= 11 is 1.48. The number of carbonyl (C=O) groups excluding carboxylic acids is 1. The highest BCUT2D eigenvalue weighted by Crippen LogP contribution is 2.09. The number of hydrogen-bond acceptors (Lipinski definition) is 3. The van der Waals surface area contributed by atoms with Crippen molar-refractivity contribution in [2.24, 2.45) is 0 Å². The fourth-order valence-corrected chi connectivity index (χ4v) is 2.07. The molecule has 0 spiro atoms. The van der Waals surface area contributed by atoms with Gasteiger partial charge in [0.1, 0.15) is 0 Å². The van der Waals surface area contributed by atoms with Crippen LogP contribution in [0.25, 0.3) is 0 Å². The molecule has 0 bridgehead atoms. The molecule has 4 heteroatoms. The predicted molar refractivity (Wildman–Crippen MR) is 61.5 cm³/mol. The van der Waals surface area contributed by atoms with E-state index in [-0.39, 0.29) is 24.6 Å². The van der Waals surface area contributed by atoms with Gasteiger partial charge in [-0.2, -0.15) is 0 Å². The van der Waals surface area contributed by atoms with Gasteiger partial charge in [-0.1, -0.05) is 0 Å². The highest BCUT2D eigenvalue weighted by Gasteiger charge is 2.19. The van der Waals surface area contributed by atoms with E-state index in [4.69, 9.17) is 5.11 Å². The van der Waals surface area contributed by atoms with Crippen LogP contribution in [0.3, 0.4) is 0 Å². The zero-order chi connectivity index (χ0) is 11.1. The van der Waals surface area contributed by atoms with Gasteiger partial charge in [0.2, 0.25) is 5.91 Å². The van der Waals surface area contributed by atoms with Crippen LogP contribution in [0.15, 0.2) is 0 Å². The lowest BCUT2D eigenvalue weighted by molar-refractivity contribution is -0.131. The number of carbonyl (C=O) groups is 1. The Kier molecular flexibility index (Phi) is 7.01. The minimum Gasteiger partial charge on any atom is -0.396 e. The number of nitrogens with zero attached hydrogens (tertiary/aromatic N) is 1. The highest BCUT2D eigenvalue weighted by molar-refractivity contribution is 7.99. The van der Waals surface area contributed by atoms with Gasteiger partial charge >= 0.3 is 0 Å². The normalized spacial score (nSPS) is 11.1. The first-order valence-electron chi connectivity index (χ1n) is 5.00. The number of aliphatic hydroxyl groups is 1. The smallest absolute Gasteiger partial charge is 0.233 e. The molecule has 0 saturated carbocycles. The van der Waals surface area contributed by atoms with Crippen molar-refractivity contribution in [2.75, 3.05) is 18.1 Å². The Bertz CT molecular complexity index is 164. The maximum atomic E-state index is 11.7. The van der Waals surface area contributed by atoms with Gasteiger partial charge in [0.05, 0.1) is 12.4 Å². The van der Waals surface area contributed by atoms with Gasteiger partial charge in [-0.3, -0.25) is 4.79 Å². The molecule has 1 amide bonds. The second kappa shape index (κ2) is 7.12. The summed E-state index contributed by atoms with van der Waals surface area (Å²) in [4.78, 5) is 13.6. The third kappa shape index (κ3) is 4.86. The molecule has 84 valence electrons. The standard InChI is InChI=1S/C10H21NO2S/c1-8(2)11(9(3)4)10(13)7-14-6-5-12/h8-9,12H,5-7H2,1-4H3. The topological polar surface area (TPSA) is 40.5 Å². The van der Waals surface area contributed by atoms with Gasteiger partial charge in [-0.05, 0) is 27.7 Å². The second-order valence-electron chi connectivity index (χ2n) is 3.76. The number of aliphatic hydroxyl groups excluding tert-OH is 1. The third-order valence-corrected chi connectivity index (χ3v) is 2.78. The molecule has 14 heavy (non-hydrogen) atoms. The Morgan fingerprint density at radius 2 is 1.79 bits per heavy atom. The van der Waals surface area contributed by atoms with Gasteiger partial charge in [0.25, 0.3) is 0 Å². The molecular formula is C10H21NO2S. The van der Waals surface area contributed by atoms with Gasteiger partial charge < -0.3 is 10.0 Å². The summed E-state index contributed by atoms with van der Waals surface area (Å²) in [5.41, 5.74) is 0. The summed E-state index contributed by atoms with van der Waals surface area (Å²) in [5.74, 6) is 1.26. The molecular weight excluding hydrogens is 198 g/mol. The molecule has 0 radical (unpaired) electrons. The van der Waals surface area contributed by atoms with E-state index < -0.39 is 0 Å². The number of thioether (sulfide) groups is 1. The summed E-state index contributed by atoms with van der Waals surface area (Å²) in [6.07, 6.45) is 0. The van der Waals surface area contributed by atoms with Crippen molar-refractivity contribution in [3.8, 4) is 0 Å². The largest absolute Gasteiger partial charge is 0.396 e. The van der Waals surface area contributed by atoms with Crippen LogP contribution in [-0.4, -0.2) is 46.1 Å². The molecule has 0 rings (SSSR count). The second-order valence-corrected chi connectivity index (χ2v) is 4.87. The van der Waals surface area contributed by atoms with Crippen molar-refractivity contribution >= 4 is 17.7 Å². The Balaban J connectivity index is 4.03. The van der Waals surface area contributed by atoms with Crippen molar-refractivity contribution in [3.63, 3.8) is 0 Å². The first kappa shape index (κ1) is 13.8. The zero-order valence-corrected chi connectivity index (χ0v) is 10.3. The van der Waals surface area contributed by atoms with Crippen molar-refractivity contribution in [1.82, 2.24) is 4.90 Å². The monoisotopic (exact) mass is 219 g/mol. The first-order valence-corrected chi connectivity index (χ1v) is 6.16. The summed E-state index contributed by atoms with van der Waals surface area (Å²) in [6, 6.07) is 0.495. The summed E-state index contributed by atoms with van der Waals surface area (Å²) in [7, 11) is 0. The van der Waals surface area contributed by atoms with Crippen LogP contribution in [-0.2, 0) is 4.79 Å². The molecule has 0 aliphatic rings. The molecule has 3 nitrogen and oxygen atoms in total. The lowest BCUT2D eigenvalue weighted by Gasteiger charge is -2.30. The molecule has 0 aromatic carbocycles. The molecule has 0 aliphatic heterocycles. The fraction of sp³-hybridized carbons (Fsp3) is 0.900. The van der Waals surface area contributed by atoms with E-state index in [0.717, 1.165) is 0 Å². The van der Waals surface area contributed by atoms with Crippen LogP contribution in [0.2, 0.25) is 0 Å². The van der Waals surface area contributed by atoms with Gasteiger partial charge in [0.15, 0.2) is 0 Å². The van der Waals surface area contributed by atoms with Crippen LogP contribution in [0, 0.1) is 0 Å². The highest BCUT2D eigenvalue weighted by atomic mass is 32.2. The Morgan fingerprint density at radius 3 is 2.14 bits per heavy atom. The van der Waals surface area contributed by atoms with Gasteiger partial charge in [-0.25, -0.2) is 0 Å². The lowest BCUT2D eigenvalue weighted by atomic mass is 10.2. The van der Waals surface area contributed by atoms with E-state index in [1.807, 2.05) is 32.6 Å². The molecule has 0 unspecified atom stereocenters. The summed E-state index contributed by atoms with van der Waals surface area (Å²) in [6.45, 7) is 8.23. The van der Waals surface area contributed by atoms with E-state index in [2.05, 4.69) is 0 Å². The van der Waals surface area contributed by atoms with Crippen LogP contribution in [0.1, 0.15) is 27.7 Å². The minimum atomic E-state index is 0.140. The molecule has 0 aliphatic carbocycles. The minimum absolute atomic E-state index is 0.140. The predicted octanol–water partition coefficient (Wildman–Crippen LogP) is 1.36. The van der Waals surface area contributed by atoms with E-state index in [1.54, 1.807) is 0 Å². The van der Waals surface area contributed by atoms with Crippen molar-refractivity contribution in [2.45, 2.75) is 39.8 Å². The van der Waals surface area contributed by atoms with E-state index >= 15 is 0 Å². The molecule has 0 heterocycles. The molecule has 0 saturated heterocycles. The number of amides is 1. The Hall–Kier alpha value is -0.220. The maximum Gasteiger partial charge on any atom is 0.233 e. The van der Waals surface area contributed by atoms with E-state index in [0.29, 0.717) is 11.5 Å². The summed E-state index contributed by atoms with van der Waals surface area (Å²) < 4.78 is 0. The number of rotatable bonds is 6. The van der Waals surface area contributed by atoms with Gasteiger partial charge in [0, 0.05) is 17.8 Å². The molecule has 0 fully saturated rings.